The summed E-state index contributed by atoms with van der Waals surface area (Å²) in [5.74, 6) is 1.77. The second-order valence-corrected chi connectivity index (χ2v) is 6.43. The highest BCUT2D eigenvalue weighted by Crippen LogP contribution is 2.38. The normalized spacial score (nSPS) is 23.2. The van der Waals surface area contributed by atoms with E-state index in [2.05, 4.69) is 31.2 Å². The molecule has 1 heterocycles. The third-order valence-electron chi connectivity index (χ3n) is 5.01. The van der Waals surface area contributed by atoms with Crippen molar-refractivity contribution in [3.8, 4) is 0 Å². The van der Waals surface area contributed by atoms with Crippen LogP contribution in [0.5, 0.6) is 0 Å². The lowest BCUT2D eigenvalue weighted by Crippen LogP contribution is -2.13. The van der Waals surface area contributed by atoms with Gasteiger partial charge in [0.05, 0.1) is 6.26 Å². The van der Waals surface area contributed by atoms with Crippen molar-refractivity contribution in [1.29, 1.82) is 0 Å². The number of benzene rings is 1. The van der Waals surface area contributed by atoms with Crippen LogP contribution in [0.4, 0.5) is 0 Å². The maximum Gasteiger partial charge on any atom is 0.133 e. The molecular weight excluding hydrogens is 244 g/mol. The summed E-state index contributed by atoms with van der Waals surface area (Å²) in [6.45, 7) is 2.29. The van der Waals surface area contributed by atoms with Gasteiger partial charge in [0, 0.05) is 5.39 Å². The highest BCUT2D eigenvalue weighted by molar-refractivity contribution is 5.77. The molecule has 0 amide bonds. The van der Waals surface area contributed by atoms with Crippen molar-refractivity contribution in [3.05, 3.63) is 36.1 Å². The first kappa shape index (κ1) is 13.7. The summed E-state index contributed by atoms with van der Waals surface area (Å²) in [5, 5.41) is 1.26. The van der Waals surface area contributed by atoms with Crippen LogP contribution in [-0.2, 0) is 0 Å². The van der Waals surface area contributed by atoms with Crippen LogP contribution in [0.2, 0.25) is 0 Å². The lowest BCUT2D eigenvalue weighted by Gasteiger charge is -2.28. The van der Waals surface area contributed by atoms with Crippen molar-refractivity contribution in [2.24, 2.45) is 5.92 Å². The van der Waals surface area contributed by atoms with Gasteiger partial charge in [-0.2, -0.15) is 0 Å². The molecule has 0 radical (unpaired) electrons. The van der Waals surface area contributed by atoms with E-state index in [0.717, 1.165) is 17.4 Å². The van der Waals surface area contributed by atoms with E-state index in [9.17, 15) is 0 Å². The molecule has 1 fully saturated rings. The predicted molar refractivity (Wildman–Crippen MR) is 85.1 cm³/mol. The molecule has 0 spiro atoms. The maximum atomic E-state index is 5.43. The molecule has 1 heteroatoms. The fourth-order valence-electron chi connectivity index (χ4n) is 3.71. The minimum absolute atomic E-state index is 0.775. The van der Waals surface area contributed by atoms with Crippen LogP contribution in [0.15, 0.2) is 34.9 Å². The number of fused-ring (bicyclic) bond motifs is 1. The Kier molecular flexibility index (Phi) is 4.44. The number of furan rings is 1. The fraction of sp³-hybridized carbons (Fsp3) is 0.579. The van der Waals surface area contributed by atoms with Gasteiger partial charge in [-0.1, -0.05) is 38.7 Å². The third kappa shape index (κ3) is 3.08. The average Bonchev–Trinajstić information content (AvgIpc) is 2.96. The Balaban J connectivity index is 1.57. The van der Waals surface area contributed by atoms with Gasteiger partial charge >= 0.3 is 0 Å². The van der Waals surface area contributed by atoms with Crippen molar-refractivity contribution in [3.63, 3.8) is 0 Å². The van der Waals surface area contributed by atoms with E-state index in [1.807, 2.05) is 0 Å². The SMILES string of the molecule is CCCCCC1CCC(c2ccc3occc3c2)CC1. The van der Waals surface area contributed by atoms with Crippen LogP contribution in [0, 0.1) is 5.92 Å². The Bertz CT molecular complexity index is 531. The number of hydrogen-bond donors (Lipinski definition) is 0. The van der Waals surface area contributed by atoms with E-state index >= 15 is 0 Å². The van der Waals surface area contributed by atoms with Crippen molar-refractivity contribution in [2.45, 2.75) is 64.2 Å². The number of unbranched alkanes of at least 4 members (excludes halogenated alkanes) is 2. The van der Waals surface area contributed by atoms with Crippen LogP contribution >= 0.6 is 0 Å². The lowest BCUT2D eigenvalue weighted by molar-refractivity contribution is 0.303. The molecule has 1 aliphatic rings. The van der Waals surface area contributed by atoms with Gasteiger partial charge in [0.2, 0.25) is 0 Å². The van der Waals surface area contributed by atoms with E-state index in [1.54, 1.807) is 6.26 Å². The van der Waals surface area contributed by atoms with E-state index < -0.39 is 0 Å². The standard InChI is InChI=1S/C19H26O/c1-2-3-4-5-15-6-8-16(9-7-15)17-10-11-19-18(14-17)12-13-20-19/h10-16H,2-9H2,1H3. The molecule has 0 N–H and O–H groups in total. The third-order valence-corrected chi connectivity index (χ3v) is 5.01. The topological polar surface area (TPSA) is 13.1 Å². The Labute approximate surface area is 122 Å². The summed E-state index contributed by atoms with van der Waals surface area (Å²) in [7, 11) is 0. The number of rotatable bonds is 5. The van der Waals surface area contributed by atoms with Gasteiger partial charge < -0.3 is 4.42 Å². The smallest absolute Gasteiger partial charge is 0.133 e. The van der Waals surface area contributed by atoms with Crippen LogP contribution in [0.25, 0.3) is 11.0 Å². The van der Waals surface area contributed by atoms with Crippen LogP contribution in [-0.4, -0.2) is 0 Å². The second-order valence-electron chi connectivity index (χ2n) is 6.43. The largest absolute Gasteiger partial charge is 0.464 e. The summed E-state index contributed by atoms with van der Waals surface area (Å²) < 4.78 is 5.43. The van der Waals surface area contributed by atoms with Gasteiger partial charge in [0.1, 0.15) is 5.58 Å². The van der Waals surface area contributed by atoms with Gasteiger partial charge in [-0.3, -0.25) is 0 Å². The van der Waals surface area contributed by atoms with Crippen LogP contribution in [0.1, 0.15) is 69.8 Å². The van der Waals surface area contributed by atoms with Crippen molar-refractivity contribution < 1.29 is 4.42 Å². The maximum absolute atomic E-state index is 5.43. The molecule has 1 saturated carbocycles. The molecular formula is C19H26O. The average molecular weight is 270 g/mol. The molecule has 0 saturated heterocycles. The first-order chi connectivity index (χ1) is 9.86. The van der Waals surface area contributed by atoms with Crippen LogP contribution in [0.3, 0.4) is 0 Å². The monoisotopic (exact) mass is 270 g/mol. The molecule has 2 aromatic rings. The van der Waals surface area contributed by atoms with Crippen molar-refractivity contribution >= 4 is 11.0 Å². The predicted octanol–water partition coefficient (Wildman–Crippen LogP) is 6.29. The highest BCUT2D eigenvalue weighted by Gasteiger charge is 2.22. The van der Waals surface area contributed by atoms with Gasteiger partial charge in [0.15, 0.2) is 0 Å². The first-order valence-electron chi connectivity index (χ1n) is 8.34. The Morgan fingerprint density at radius 1 is 1.05 bits per heavy atom. The molecule has 0 atom stereocenters. The van der Waals surface area contributed by atoms with E-state index in [1.165, 1.54) is 62.3 Å². The summed E-state index contributed by atoms with van der Waals surface area (Å²) in [5.41, 5.74) is 2.54. The van der Waals surface area contributed by atoms with Crippen LogP contribution < -0.4 is 0 Å². The zero-order chi connectivity index (χ0) is 13.8. The Morgan fingerprint density at radius 3 is 2.70 bits per heavy atom. The Morgan fingerprint density at radius 2 is 1.90 bits per heavy atom. The first-order valence-corrected chi connectivity index (χ1v) is 8.34. The zero-order valence-electron chi connectivity index (χ0n) is 12.6. The summed E-state index contributed by atoms with van der Waals surface area (Å²) >= 11 is 0. The molecule has 0 bridgehead atoms. The number of hydrogen-bond acceptors (Lipinski definition) is 1. The molecule has 0 unspecified atom stereocenters. The van der Waals surface area contributed by atoms with E-state index in [4.69, 9.17) is 4.42 Å². The molecule has 20 heavy (non-hydrogen) atoms. The second kappa shape index (κ2) is 6.47. The summed E-state index contributed by atoms with van der Waals surface area (Å²) in [6, 6.07) is 8.82. The van der Waals surface area contributed by atoms with Crippen molar-refractivity contribution in [2.75, 3.05) is 0 Å². The Hall–Kier alpha value is -1.24. The molecule has 108 valence electrons. The molecule has 1 nitrogen and oxygen atoms in total. The summed E-state index contributed by atoms with van der Waals surface area (Å²) in [4.78, 5) is 0. The van der Waals surface area contributed by atoms with Gasteiger partial charge in [-0.25, -0.2) is 0 Å². The minimum Gasteiger partial charge on any atom is -0.464 e. The summed E-state index contributed by atoms with van der Waals surface area (Å²) in [6.07, 6.45) is 13.1. The lowest BCUT2D eigenvalue weighted by atomic mass is 9.77. The minimum atomic E-state index is 0.775. The van der Waals surface area contributed by atoms with Gasteiger partial charge in [0.25, 0.3) is 0 Å². The van der Waals surface area contributed by atoms with Gasteiger partial charge in [-0.05, 0) is 61.3 Å². The molecule has 1 aromatic carbocycles. The van der Waals surface area contributed by atoms with E-state index in [0.29, 0.717) is 0 Å². The molecule has 0 aliphatic heterocycles. The molecule has 1 aliphatic carbocycles. The zero-order valence-corrected chi connectivity index (χ0v) is 12.6. The van der Waals surface area contributed by atoms with Gasteiger partial charge in [-0.15, -0.1) is 0 Å². The highest BCUT2D eigenvalue weighted by atomic mass is 16.3. The fourth-order valence-corrected chi connectivity index (χ4v) is 3.71. The molecule has 1 aromatic heterocycles. The molecule has 3 rings (SSSR count). The quantitative estimate of drug-likeness (QED) is 0.582. The van der Waals surface area contributed by atoms with Crippen molar-refractivity contribution in [1.82, 2.24) is 0 Å². The van der Waals surface area contributed by atoms with E-state index in [-0.39, 0.29) is 0 Å².